The largest absolute Gasteiger partial charge is 0.269 e. The predicted octanol–water partition coefficient (Wildman–Crippen LogP) is 5.65. The van der Waals surface area contributed by atoms with Gasteiger partial charge in [-0.2, -0.15) is 5.10 Å². The molecule has 0 spiro atoms. The lowest BCUT2D eigenvalue weighted by atomic mass is 9.97. The van der Waals surface area contributed by atoms with Crippen LogP contribution in [-0.2, 0) is 6.42 Å². The first kappa shape index (κ1) is 18.8. The number of halogens is 1. The minimum atomic E-state index is -0.421. The zero-order chi connectivity index (χ0) is 20.4. The first-order chi connectivity index (χ1) is 14.0. The van der Waals surface area contributed by atoms with Gasteiger partial charge < -0.3 is 0 Å². The van der Waals surface area contributed by atoms with Crippen LogP contribution in [0.2, 0.25) is 0 Å². The molecule has 0 saturated carbocycles. The third kappa shape index (κ3) is 3.87. The van der Waals surface area contributed by atoms with Crippen LogP contribution in [0.25, 0.3) is 0 Å². The molecule has 29 heavy (non-hydrogen) atoms. The number of rotatable bonds is 5. The van der Waals surface area contributed by atoms with Gasteiger partial charge in [0.05, 0.1) is 22.4 Å². The van der Waals surface area contributed by atoms with Crippen LogP contribution in [0.4, 0.5) is 15.8 Å². The summed E-state index contributed by atoms with van der Waals surface area (Å²) in [6.07, 6.45) is 1.63. The van der Waals surface area contributed by atoms with Crippen molar-refractivity contribution in [2.45, 2.75) is 25.8 Å². The molecule has 1 heterocycles. The SMILES string of the molecule is CCc1ccc(C2=NN(c3ccc([N+](=O)[O-])cc3)[C@@H](c3ccc(F)cc3)C2)cc1. The van der Waals surface area contributed by atoms with E-state index in [4.69, 9.17) is 5.10 Å². The van der Waals surface area contributed by atoms with E-state index in [0.717, 1.165) is 28.9 Å². The number of benzene rings is 3. The number of nitrogens with zero attached hydrogens (tertiary/aromatic N) is 3. The summed E-state index contributed by atoms with van der Waals surface area (Å²) in [5.74, 6) is -0.287. The Morgan fingerprint density at radius 3 is 2.28 bits per heavy atom. The van der Waals surface area contributed by atoms with Gasteiger partial charge in [-0.05, 0) is 47.4 Å². The molecule has 4 rings (SSSR count). The Morgan fingerprint density at radius 2 is 1.69 bits per heavy atom. The van der Waals surface area contributed by atoms with Gasteiger partial charge in [-0.1, -0.05) is 43.3 Å². The Labute approximate surface area is 168 Å². The van der Waals surface area contributed by atoms with Crippen molar-refractivity contribution in [1.29, 1.82) is 0 Å². The van der Waals surface area contributed by atoms with Crippen molar-refractivity contribution in [1.82, 2.24) is 0 Å². The molecule has 0 bridgehead atoms. The zero-order valence-electron chi connectivity index (χ0n) is 16.0. The second-order valence-corrected chi connectivity index (χ2v) is 6.99. The lowest BCUT2D eigenvalue weighted by Crippen LogP contribution is -2.18. The molecule has 5 nitrogen and oxygen atoms in total. The number of hydrazone groups is 1. The normalized spacial score (nSPS) is 16.0. The Kier molecular flexibility index (Phi) is 5.08. The molecule has 0 radical (unpaired) electrons. The van der Waals surface area contributed by atoms with Crippen LogP contribution in [0, 0.1) is 15.9 Å². The van der Waals surface area contributed by atoms with Crippen molar-refractivity contribution in [3.8, 4) is 0 Å². The molecule has 6 heteroatoms. The summed E-state index contributed by atoms with van der Waals surface area (Å²) < 4.78 is 13.4. The maximum absolute atomic E-state index is 13.4. The summed E-state index contributed by atoms with van der Waals surface area (Å²) in [6, 6.07) is 21.0. The molecule has 3 aromatic rings. The smallest absolute Gasteiger partial charge is 0.258 e. The maximum Gasteiger partial charge on any atom is 0.269 e. The monoisotopic (exact) mass is 389 g/mol. The molecular formula is C23H20FN3O2. The van der Waals surface area contributed by atoms with Gasteiger partial charge in [-0.3, -0.25) is 15.1 Å². The lowest BCUT2D eigenvalue weighted by molar-refractivity contribution is -0.384. The summed E-state index contributed by atoms with van der Waals surface area (Å²) in [6.45, 7) is 2.11. The number of nitro benzene ring substituents is 1. The predicted molar refractivity (Wildman–Crippen MR) is 112 cm³/mol. The van der Waals surface area contributed by atoms with E-state index in [1.807, 2.05) is 5.01 Å². The highest BCUT2D eigenvalue weighted by atomic mass is 19.1. The van der Waals surface area contributed by atoms with Gasteiger partial charge in [-0.25, -0.2) is 4.39 Å². The van der Waals surface area contributed by atoms with E-state index in [-0.39, 0.29) is 17.5 Å². The standard InChI is InChI=1S/C23H20FN3O2/c1-2-16-3-5-17(6-4-16)22-15-23(18-7-9-19(24)10-8-18)26(25-22)20-11-13-21(14-12-20)27(28)29/h3-14,23H,2,15H2,1H3/t23-/m1/s1. The molecular weight excluding hydrogens is 369 g/mol. The maximum atomic E-state index is 13.4. The summed E-state index contributed by atoms with van der Waals surface area (Å²) in [7, 11) is 0. The first-order valence-electron chi connectivity index (χ1n) is 9.51. The minimum Gasteiger partial charge on any atom is -0.258 e. The van der Waals surface area contributed by atoms with Crippen molar-refractivity contribution >= 4 is 17.1 Å². The van der Waals surface area contributed by atoms with E-state index in [9.17, 15) is 14.5 Å². The number of hydrogen-bond acceptors (Lipinski definition) is 4. The second kappa shape index (κ2) is 7.83. The molecule has 146 valence electrons. The summed E-state index contributed by atoms with van der Waals surface area (Å²) >= 11 is 0. The molecule has 0 unspecified atom stereocenters. The summed E-state index contributed by atoms with van der Waals surface area (Å²) in [4.78, 5) is 10.5. The molecule has 0 aliphatic carbocycles. The topological polar surface area (TPSA) is 58.7 Å². The fourth-order valence-electron chi connectivity index (χ4n) is 3.53. The van der Waals surface area contributed by atoms with E-state index in [1.54, 1.807) is 24.3 Å². The van der Waals surface area contributed by atoms with Gasteiger partial charge in [0.25, 0.3) is 5.69 Å². The Bertz CT molecular complexity index is 1040. The van der Waals surface area contributed by atoms with E-state index in [1.165, 1.54) is 29.8 Å². The Morgan fingerprint density at radius 1 is 1.03 bits per heavy atom. The van der Waals surface area contributed by atoms with Gasteiger partial charge in [-0.15, -0.1) is 0 Å². The molecule has 1 aliphatic heterocycles. The van der Waals surface area contributed by atoms with Crippen LogP contribution in [0.15, 0.2) is 77.9 Å². The average Bonchev–Trinajstić information content (AvgIpc) is 3.20. The van der Waals surface area contributed by atoms with Crippen LogP contribution in [0.1, 0.15) is 36.1 Å². The fraction of sp³-hybridized carbons (Fsp3) is 0.174. The Balaban J connectivity index is 1.71. The molecule has 0 amide bonds. The highest BCUT2D eigenvalue weighted by Gasteiger charge is 2.30. The second-order valence-electron chi connectivity index (χ2n) is 6.99. The van der Waals surface area contributed by atoms with Gasteiger partial charge in [0, 0.05) is 18.6 Å². The van der Waals surface area contributed by atoms with E-state index < -0.39 is 4.92 Å². The molecule has 0 N–H and O–H groups in total. The lowest BCUT2D eigenvalue weighted by Gasteiger charge is -2.23. The van der Waals surface area contributed by atoms with Crippen molar-refractivity contribution in [3.05, 3.63) is 105 Å². The van der Waals surface area contributed by atoms with Crippen LogP contribution >= 0.6 is 0 Å². The molecule has 0 aromatic heterocycles. The van der Waals surface area contributed by atoms with Crippen molar-refractivity contribution in [2.24, 2.45) is 5.10 Å². The average molecular weight is 389 g/mol. The number of hydrogen-bond donors (Lipinski definition) is 0. The fourth-order valence-corrected chi connectivity index (χ4v) is 3.53. The molecule has 0 fully saturated rings. The highest BCUT2D eigenvalue weighted by molar-refractivity contribution is 6.03. The Hall–Kier alpha value is -3.54. The zero-order valence-corrected chi connectivity index (χ0v) is 16.0. The number of non-ortho nitro benzene ring substituents is 1. The van der Waals surface area contributed by atoms with Crippen LogP contribution in [0.3, 0.4) is 0 Å². The summed E-state index contributed by atoms with van der Waals surface area (Å²) in [5, 5.41) is 17.7. The van der Waals surface area contributed by atoms with Crippen LogP contribution in [0.5, 0.6) is 0 Å². The number of aryl methyl sites for hydroxylation is 1. The number of nitro groups is 1. The molecule has 0 saturated heterocycles. The van der Waals surface area contributed by atoms with Crippen molar-refractivity contribution in [2.75, 3.05) is 5.01 Å². The van der Waals surface area contributed by atoms with Gasteiger partial charge in [0.2, 0.25) is 0 Å². The van der Waals surface area contributed by atoms with Gasteiger partial charge in [0.1, 0.15) is 5.82 Å². The molecule has 1 aliphatic rings. The van der Waals surface area contributed by atoms with Crippen molar-refractivity contribution in [3.63, 3.8) is 0 Å². The minimum absolute atomic E-state index is 0.0330. The van der Waals surface area contributed by atoms with Crippen LogP contribution < -0.4 is 5.01 Å². The first-order valence-corrected chi connectivity index (χ1v) is 9.51. The number of anilines is 1. The third-order valence-corrected chi connectivity index (χ3v) is 5.19. The molecule has 1 atom stereocenters. The van der Waals surface area contributed by atoms with Gasteiger partial charge >= 0.3 is 0 Å². The van der Waals surface area contributed by atoms with E-state index in [0.29, 0.717) is 6.42 Å². The van der Waals surface area contributed by atoms with E-state index in [2.05, 4.69) is 31.2 Å². The van der Waals surface area contributed by atoms with E-state index >= 15 is 0 Å². The summed E-state index contributed by atoms with van der Waals surface area (Å²) in [5.41, 5.74) is 4.96. The quantitative estimate of drug-likeness (QED) is 0.418. The van der Waals surface area contributed by atoms with Crippen molar-refractivity contribution < 1.29 is 9.31 Å². The van der Waals surface area contributed by atoms with Crippen LogP contribution in [-0.4, -0.2) is 10.6 Å². The highest BCUT2D eigenvalue weighted by Crippen LogP contribution is 2.37. The molecule has 3 aromatic carbocycles. The van der Waals surface area contributed by atoms with Gasteiger partial charge in [0.15, 0.2) is 0 Å². The third-order valence-electron chi connectivity index (χ3n) is 5.19.